The molecule has 0 radical (unpaired) electrons. The van der Waals surface area contributed by atoms with E-state index in [4.69, 9.17) is 11.6 Å². The summed E-state index contributed by atoms with van der Waals surface area (Å²) in [5.74, 6) is 0. The number of H-pyrrole nitrogens is 1. The van der Waals surface area contributed by atoms with E-state index in [0.717, 1.165) is 32.6 Å². The summed E-state index contributed by atoms with van der Waals surface area (Å²) in [7, 11) is 0. The Bertz CT molecular complexity index is 853. The van der Waals surface area contributed by atoms with E-state index >= 15 is 0 Å². The van der Waals surface area contributed by atoms with Gasteiger partial charge in [-0.05, 0) is 47.7 Å². The van der Waals surface area contributed by atoms with Gasteiger partial charge in [-0.1, -0.05) is 35.9 Å². The van der Waals surface area contributed by atoms with Crippen molar-refractivity contribution in [2.24, 2.45) is 0 Å². The molecule has 0 fully saturated rings. The van der Waals surface area contributed by atoms with E-state index in [1.54, 1.807) is 0 Å². The Kier molecular flexibility index (Phi) is 4.27. The van der Waals surface area contributed by atoms with Crippen molar-refractivity contribution >= 4 is 22.5 Å². The lowest BCUT2D eigenvalue weighted by Gasteiger charge is -2.07. The van der Waals surface area contributed by atoms with Gasteiger partial charge in [-0.15, -0.1) is 0 Å². The zero-order valence-corrected chi connectivity index (χ0v) is 13.1. The Hall–Kier alpha value is -2.10. The highest BCUT2D eigenvalue weighted by molar-refractivity contribution is 6.30. The normalized spacial score (nSPS) is 11.0. The summed E-state index contributed by atoms with van der Waals surface area (Å²) in [6.07, 6.45) is 0. The van der Waals surface area contributed by atoms with Gasteiger partial charge in [-0.2, -0.15) is 0 Å². The first-order chi connectivity index (χ1) is 10.6. The number of aromatic nitrogens is 1. The summed E-state index contributed by atoms with van der Waals surface area (Å²) in [4.78, 5) is 15.1. The Morgan fingerprint density at radius 2 is 1.82 bits per heavy atom. The minimum absolute atomic E-state index is 0.0401. The minimum Gasteiger partial charge on any atom is -0.322 e. The average Bonchev–Trinajstić information content (AvgIpc) is 2.50. The largest absolute Gasteiger partial charge is 0.322 e. The number of halogens is 1. The molecule has 2 N–H and O–H groups in total. The summed E-state index contributed by atoms with van der Waals surface area (Å²) in [5, 5.41) is 5.07. The zero-order chi connectivity index (χ0) is 15.5. The molecule has 0 bridgehead atoms. The fourth-order valence-corrected chi connectivity index (χ4v) is 2.56. The van der Waals surface area contributed by atoms with Gasteiger partial charge in [0.15, 0.2) is 0 Å². The van der Waals surface area contributed by atoms with Crippen LogP contribution in [0.5, 0.6) is 0 Å². The van der Waals surface area contributed by atoms with Gasteiger partial charge in [0.05, 0.1) is 0 Å². The Morgan fingerprint density at radius 1 is 1.05 bits per heavy atom. The Labute approximate surface area is 133 Å². The molecule has 0 aliphatic carbocycles. The lowest BCUT2D eigenvalue weighted by molar-refractivity contribution is 0.688. The predicted octanol–water partition coefficient (Wildman–Crippen LogP) is 3.78. The molecule has 1 aromatic heterocycles. The predicted molar refractivity (Wildman–Crippen MR) is 91.3 cm³/mol. The molecular formula is C18H17ClN2O. The van der Waals surface area contributed by atoms with Crippen LogP contribution in [0, 0.1) is 6.92 Å². The van der Waals surface area contributed by atoms with Crippen molar-refractivity contribution in [3.8, 4) is 0 Å². The van der Waals surface area contributed by atoms with Crippen molar-refractivity contribution < 1.29 is 0 Å². The number of pyridine rings is 1. The molecule has 4 heteroatoms. The molecule has 0 aliphatic heterocycles. The first-order valence-corrected chi connectivity index (χ1v) is 7.57. The van der Waals surface area contributed by atoms with Gasteiger partial charge in [0.1, 0.15) is 0 Å². The van der Waals surface area contributed by atoms with E-state index < -0.39 is 0 Å². The van der Waals surface area contributed by atoms with Crippen LogP contribution >= 0.6 is 11.6 Å². The fourth-order valence-electron chi connectivity index (χ4n) is 2.44. The number of nitrogens with one attached hydrogen (secondary N) is 2. The third-order valence-electron chi connectivity index (χ3n) is 3.64. The highest BCUT2D eigenvalue weighted by Gasteiger charge is 2.03. The molecule has 0 aliphatic rings. The van der Waals surface area contributed by atoms with Crippen LogP contribution in [0.2, 0.25) is 5.02 Å². The highest BCUT2D eigenvalue weighted by Crippen LogP contribution is 2.13. The van der Waals surface area contributed by atoms with Crippen LogP contribution in [0.3, 0.4) is 0 Å². The topological polar surface area (TPSA) is 44.9 Å². The number of rotatable bonds is 4. The molecule has 0 saturated heterocycles. The Balaban J connectivity index is 1.73. The van der Waals surface area contributed by atoms with Crippen molar-refractivity contribution in [3.63, 3.8) is 0 Å². The maximum absolute atomic E-state index is 12.1. The second-order valence-electron chi connectivity index (χ2n) is 5.44. The molecule has 0 spiro atoms. The van der Waals surface area contributed by atoms with Gasteiger partial charge in [0.25, 0.3) is 5.56 Å². The molecule has 3 aromatic rings. The minimum atomic E-state index is -0.0401. The zero-order valence-electron chi connectivity index (χ0n) is 12.3. The number of fused-ring (bicyclic) bond motifs is 1. The lowest BCUT2D eigenvalue weighted by Crippen LogP contribution is -2.20. The van der Waals surface area contributed by atoms with Crippen molar-refractivity contribution in [2.75, 3.05) is 0 Å². The second-order valence-corrected chi connectivity index (χ2v) is 5.88. The van der Waals surface area contributed by atoms with Crippen LogP contribution in [-0.2, 0) is 13.1 Å². The van der Waals surface area contributed by atoms with E-state index in [1.807, 2.05) is 55.5 Å². The lowest BCUT2D eigenvalue weighted by atomic mass is 10.1. The van der Waals surface area contributed by atoms with Crippen LogP contribution in [-0.4, -0.2) is 4.98 Å². The van der Waals surface area contributed by atoms with E-state index in [9.17, 15) is 4.79 Å². The van der Waals surface area contributed by atoms with Crippen molar-refractivity contribution in [2.45, 2.75) is 20.0 Å². The van der Waals surface area contributed by atoms with Gasteiger partial charge in [0.2, 0.25) is 0 Å². The molecule has 0 unspecified atom stereocenters. The third-order valence-corrected chi connectivity index (χ3v) is 3.89. The molecule has 0 atom stereocenters. The summed E-state index contributed by atoms with van der Waals surface area (Å²) in [6.45, 7) is 3.24. The number of hydrogen-bond acceptors (Lipinski definition) is 2. The van der Waals surface area contributed by atoms with Gasteiger partial charge in [-0.3, -0.25) is 4.79 Å². The molecular weight excluding hydrogens is 296 g/mol. The van der Waals surface area contributed by atoms with E-state index in [1.165, 1.54) is 0 Å². The quantitative estimate of drug-likeness (QED) is 0.770. The van der Waals surface area contributed by atoms with Crippen molar-refractivity contribution in [3.05, 3.63) is 80.6 Å². The molecule has 0 amide bonds. The standard InChI is InChI=1S/C18H17ClN2O/c1-12-2-5-14-9-15(18(22)21-17(14)8-12)11-20-10-13-3-6-16(19)7-4-13/h2-9,20H,10-11H2,1H3,(H,21,22). The molecule has 0 saturated carbocycles. The molecule has 2 aromatic carbocycles. The smallest absolute Gasteiger partial charge is 0.252 e. The van der Waals surface area contributed by atoms with Crippen molar-refractivity contribution in [1.29, 1.82) is 0 Å². The monoisotopic (exact) mass is 312 g/mol. The number of hydrogen-bond donors (Lipinski definition) is 2. The van der Waals surface area contributed by atoms with Crippen LogP contribution in [0.4, 0.5) is 0 Å². The summed E-state index contributed by atoms with van der Waals surface area (Å²) in [6, 6.07) is 15.7. The van der Waals surface area contributed by atoms with Gasteiger partial charge < -0.3 is 10.3 Å². The first-order valence-electron chi connectivity index (χ1n) is 7.19. The van der Waals surface area contributed by atoms with Gasteiger partial charge in [0, 0.05) is 29.2 Å². The summed E-state index contributed by atoms with van der Waals surface area (Å²) in [5.41, 5.74) is 3.85. The molecule has 3 rings (SSSR count). The molecule has 1 heterocycles. The second kappa shape index (κ2) is 6.34. The molecule has 22 heavy (non-hydrogen) atoms. The number of aromatic amines is 1. The third kappa shape index (κ3) is 3.38. The SMILES string of the molecule is Cc1ccc2cc(CNCc3ccc(Cl)cc3)c(=O)[nH]c2c1. The summed E-state index contributed by atoms with van der Waals surface area (Å²) < 4.78 is 0. The van der Waals surface area contributed by atoms with Crippen LogP contribution in [0.25, 0.3) is 10.9 Å². The first kappa shape index (κ1) is 14.8. The van der Waals surface area contributed by atoms with Gasteiger partial charge >= 0.3 is 0 Å². The van der Waals surface area contributed by atoms with Crippen LogP contribution in [0.1, 0.15) is 16.7 Å². The van der Waals surface area contributed by atoms with Crippen molar-refractivity contribution in [1.82, 2.24) is 10.3 Å². The highest BCUT2D eigenvalue weighted by atomic mass is 35.5. The van der Waals surface area contributed by atoms with Gasteiger partial charge in [-0.25, -0.2) is 0 Å². The maximum Gasteiger partial charge on any atom is 0.252 e. The van der Waals surface area contributed by atoms with E-state index in [0.29, 0.717) is 13.1 Å². The molecule has 3 nitrogen and oxygen atoms in total. The number of aryl methyl sites for hydroxylation is 1. The average molecular weight is 313 g/mol. The maximum atomic E-state index is 12.1. The summed E-state index contributed by atoms with van der Waals surface area (Å²) >= 11 is 5.86. The van der Waals surface area contributed by atoms with Crippen LogP contribution in [0.15, 0.2) is 53.3 Å². The van der Waals surface area contributed by atoms with E-state index in [-0.39, 0.29) is 5.56 Å². The fraction of sp³-hybridized carbons (Fsp3) is 0.167. The van der Waals surface area contributed by atoms with E-state index in [2.05, 4.69) is 10.3 Å². The number of benzene rings is 2. The Morgan fingerprint density at radius 3 is 2.59 bits per heavy atom. The van der Waals surface area contributed by atoms with Crippen LogP contribution < -0.4 is 10.9 Å². The molecule has 112 valence electrons.